The van der Waals surface area contributed by atoms with Crippen molar-refractivity contribution in [2.24, 2.45) is 5.92 Å². The minimum Gasteiger partial charge on any atom is -0.317 e. The first-order valence-corrected chi connectivity index (χ1v) is 12.4. The third-order valence-electron chi connectivity index (χ3n) is 7.15. The van der Waals surface area contributed by atoms with E-state index in [4.69, 9.17) is 28.2 Å². The van der Waals surface area contributed by atoms with E-state index in [9.17, 15) is 9.18 Å². The average molecular weight is 553 g/mol. The number of fused-ring (bicyclic) bond motifs is 3. The van der Waals surface area contributed by atoms with Gasteiger partial charge in [-0.2, -0.15) is 9.07 Å². The van der Waals surface area contributed by atoms with E-state index in [1.807, 2.05) is 0 Å². The molecule has 0 amide bonds. The normalized spacial score (nSPS) is 19.4. The van der Waals surface area contributed by atoms with Crippen LogP contribution in [0.4, 0.5) is 8.78 Å². The van der Waals surface area contributed by atoms with Gasteiger partial charge >= 0.3 is 0 Å². The van der Waals surface area contributed by atoms with Crippen LogP contribution >= 0.6 is 23.2 Å². The summed E-state index contributed by atoms with van der Waals surface area (Å²) in [5, 5.41) is 11.7. The summed E-state index contributed by atoms with van der Waals surface area (Å²) in [6, 6.07) is 9.02. The number of nitrogens with zero attached hydrogens (tertiary/aromatic N) is 7. The smallest absolute Gasteiger partial charge is 0.254 e. The summed E-state index contributed by atoms with van der Waals surface area (Å²) >= 11 is 12.3. The molecule has 0 saturated heterocycles. The van der Waals surface area contributed by atoms with Gasteiger partial charge in [-0.1, -0.05) is 29.3 Å². The predicted octanol–water partition coefficient (Wildman–Crippen LogP) is 4.88. The number of hydrogen-bond donors (Lipinski definition) is 1. The maximum absolute atomic E-state index is 15.0. The second kappa shape index (κ2) is 8.27. The Labute approximate surface area is 223 Å². The molecular weight excluding hydrogens is 537 g/mol. The van der Waals surface area contributed by atoms with E-state index in [1.54, 1.807) is 31.2 Å². The van der Waals surface area contributed by atoms with Crippen LogP contribution in [0.3, 0.4) is 0 Å². The fraction of sp³-hybridized carbons (Fsp3) is 0.200. The second-order valence-corrected chi connectivity index (χ2v) is 10.2. The van der Waals surface area contributed by atoms with Crippen LogP contribution in [-0.4, -0.2) is 39.7 Å². The molecule has 9 nitrogen and oxygen atoms in total. The number of hydrogen-bond acceptors (Lipinski definition) is 6. The highest BCUT2D eigenvalue weighted by molar-refractivity contribution is 6.31. The monoisotopic (exact) mass is 552 g/mol. The van der Waals surface area contributed by atoms with E-state index < -0.39 is 17.8 Å². The lowest BCUT2D eigenvalue weighted by atomic mass is 10.1. The predicted molar refractivity (Wildman–Crippen MR) is 134 cm³/mol. The number of H-pyrrole nitrogens is 1. The maximum Gasteiger partial charge on any atom is 0.254 e. The second-order valence-electron chi connectivity index (χ2n) is 9.42. The number of benzene rings is 2. The van der Waals surface area contributed by atoms with Gasteiger partial charge in [-0.25, -0.2) is 14.4 Å². The summed E-state index contributed by atoms with van der Waals surface area (Å²) in [6.07, 6.45) is 2.20. The van der Waals surface area contributed by atoms with Crippen LogP contribution in [-0.2, 0) is 0 Å². The molecule has 7 rings (SSSR count). The van der Waals surface area contributed by atoms with E-state index >= 15 is 4.39 Å². The van der Waals surface area contributed by atoms with E-state index in [0.29, 0.717) is 33.4 Å². The zero-order valence-electron chi connectivity index (χ0n) is 19.5. The first-order chi connectivity index (χ1) is 18.3. The lowest BCUT2D eigenvalue weighted by molar-refractivity contribution is 0.500. The molecule has 2 aliphatic rings. The molecule has 38 heavy (non-hydrogen) atoms. The molecule has 13 heteroatoms. The molecule has 2 aromatic carbocycles. The number of halogens is 4. The number of aromatic amines is 1. The summed E-state index contributed by atoms with van der Waals surface area (Å²) in [7, 11) is 0. The zero-order valence-corrected chi connectivity index (χ0v) is 21.0. The standard InChI is InChI=1S/C25H16Cl2F2N8O/c1-10-2-4-12(20(28)19(10)27)21-23(29)33-24(32-21)22-13-7-14(13)25-31-16(8-18(38)37(22)25)15-6-11(26)3-5-17(15)36-9-30-34-35-36/h2-6,8-9,13-14,22H,7H2,1H3,(H,32,33). The molecule has 0 spiro atoms. The Morgan fingerprint density at radius 3 is 2.71 bits per heavy atom. The van der Waals surface area contributed by atoms with E-state index in [-0.39, 0.29) is 39.5 Å². The molecule has 3 atom stereocenters. The molecule has 1 fully saturated rings. The van der Waals surface area contributed by atoms with Crippen molar-refractivity contribution in [1.29, 1.82) is 0 Å². The number of rotatable bonds is 4. The summed E-state index contributed by atoms with van der Waals surface area (Å²) < 4.78 is 32.8. The van der Waals surface area contributed by atoms with Crippen molar-refractivity contribution >= 4 is 23.2 Å². The first kappa shape index (κ1) is 23.2. The lowest BCUT2D eigenvalue weighted by Gasteiger charge is -2.16. The van der Waals surface area contributed by atoms with Gasteiger partial charge in [-0.05, 0) is 59.5 Å². The fourth-order valence-electron chi connectivity index (χ4n) is 5.27. The SMILES string of the molecule is Cc1ccc(-c2nc(C3C4CC4c4nc(-c5cc(Cl)ccc5-n5cnnn5)cc(=O)n43)[nH]c2F)c(F)c1Cl. The summed E-state index contributed by atoms with van der Waals surface area (Å²) in [4.78, 5) is 25.3. The first-order valence-electron chi connectivity index (χ1n) is 11.7. The van der Waals surface area contributed by atoms with Crippen molar-refractivity contribution in [1.82, 2.24) is 39.7 Å². The number of imidazole rings is 1. The molecule has 0 bridgehead atoms. The average Bonchev–Trinajstić information content (AvgIpc) is 3.20. The van der Waals surface area contributed by atoms with Gasteiger partial charge in [0.25, 0.3) is 5.56 Å². The highest BCUT2D eigenvalue weighted by atomic mass is 35.5. The third-order valence-corrected chi connectivity index (χ3v) is 7.85. The maximum atomic E-state index is 15.0. The largest absolute Gasteiger partial charge is 0.317 e. The van der Waals surface area contributed by atoms with Crippen LogP contribution in [0, 0.1) is 24.6 Å². The van der Waals surface area contributed by atoms with Crippen LogP contribution in [0.2, 0.25) is 10.0 Å². The molecule has 4 heterocycles. The van der Waals surface area contributed by atoms with Crippen LogP contribution in [0.25, 0.3) is 28.2 Å². The number of aromatic nitrogens is 8. The van der Waals surface area contributed by atoms with Crippen LogP contribution in [0.5, 0.6) is 0 Å². The molecule has 1 aliphatic carbocycles. The van der Waals surface area contributed by atoms with Crippen LogP contribution in [0.1, 0.15) is 35.6 Å². The Balaban J connectivity index is 1.33. The van der Waals surface area contributed by atoms with Crippen molar-refractivity contribution < 1.29 is 8.78 Å². The van der Waals surface area contributed by atoms with Gasteiger partial charge in [0.2, 0.25) is 5.95 Å². The lowest BCUT2D eigenvalue weighted by Crippen LogP contribution is -2.27. The molecule has 0 radical (unpaired) electrons. The van der Waals surface area contributed by atoms with Crippen molar-refractivity contribution in [2.75, 3.05) is 0 Å². The highest BCUT2D eigenvalue weighted by Gasteiger charge is 2.55. The number of nitrogens with one attached hydrogen (secondary N) is 1. The van der Waals surface area contributed by atoms with Gasteiger partial charge < -0.3 is 4.98 Å². The van der Waals surface area contributed by atoms with Crippen molar-refractivity contribution in [3.05, 3.63) is 92.1 Å². The zero-order chi connectivity index (χ0) is 26.3. The topological polar surface area (TPSA) is 107 Å². The molecule has 1 saturated carbocycles. The fourth-order valence-corrected chi connectivity index (χ4v) is 5.60. The molecule has 3 aromatic heterocycles. The van der Waals surface area contributed by atoms with Crippen molar-refractivity contribution in [3.63, 3.8) is 0 Å². The minimum atomic E-state index is -0.799. The molecule has 5 aromatic rings. The minimum absolute atomic E-state index is 0.00508. The Kier molecular flexibility index (Phi) is 5.04. The molecular formula is C25H16Cl2F2N8O. The Morgan fingerprint density at radius 2 is 1.92 bits per heavy atom. The van der Waals surface area contributed by atoms with E-state index in [1.165, 1.54) is 27.7 Å². The van der Waals surface area contributed by atoms with Gasteiger partial charge in [-0.3, -0.25) is 9.36 Å². The van der Waals surface area contributed by atoms with Crippen LogP contribution in [0.15, 0.2) is 47.5 Å². The van der Waals surface area contributed by atoms with E-state index in [2.05, 4.69) is 25.5 Å². The van der Waals surface area contributed by atoms with Gasteiger partial charge in [0.05, 0.1) is 22.4 Å². The molecule has 190 valence electrons. The van der Waals surface area contributed by atoms with Gasteiger partial charge in [0.15, 0.2) is 5.82 Å². The third kappa shape index (κ3) is 3.42. The Hall–Kier alpha value is -3.96. The number of tetrazole rings is 1. The van der Waals surface area contributed by atoms with Crippen molar-refractivity contribution in [3.8, 4) is 28.2 Å². The van der Waals surface area contributed by atoms with Gasteiger partial charge in [0.1, 0.15) is 23.7 Å². The van der Waals surface area contributed by atoms with E-state index in [0.717, 1.165) is 6.42 Å². The molecule has 1 N–H and O–H groups in total. The van der Waals surface area contributed by atoms with Gasteiger partial charge in [-0.15, -0.1) is 5.10 Å². The highest BCUT2D eigenvalue weighted by Crippen LogP contribution is 2.60. The molecule has 3 unspecified atom stereocenters. The summed E-state index contributed by atoms with van der Waals surface area (Å²) in [6.45, 7) is 1.66. The Morgan fingerprint density at radius 1 is 1.08 bits per heavy atom. The Bertz CT molecular complexity index is 1820. The quantitative estimate of drug-likeness (QED) is 0.340. The molecule has 1 aliphatic heterocycles. The van der Waals surface area contributed by atoms with Gasteiger partial charge in [0, 0.05) is 28.1 Å². The van der Waals surface area contributed by atoms with Crippen LogP contribution < -0.4 is 5.56 Å². The summed E-state index contributed by atoms with van der Waals surface area (Å²) in [5.74, 6) is -0.726. The number of aryl methyl sites for hydroxylation is 1. The summed E-state index contributed by atoms with van der Waals surface area (Å²) in [5.41, 5.74) is 1.58. The van der Waals surface area contributed by atoms with Crippen molar-refractivity contribution in [2.45, 2.75) is 25.3 Å².